The highest BCUT2D eigenvalue weighted by atomic mass is 32.2. The summed E-state index contributed by atoms with van der Waals surface area (Å²) in [4.78, 5) is 11.8. The Morgan fingerprint density at radius 1 is 1.13 bits per heavy atom. The second-order valence-electron chi connectivity index (χ2n) is 8.78. The van der Waals surface area contributed by atoms with E-state index in [1.54, 1.807) is 0 Å². The van der Waals surface area contributed by atoms with Crippen molar-refractivity contribution in [3.8, 4) is 0 Å². The summed E-state index contributed by atoms with van der Waals surface area (Å²) in [6.45, 7) is 5.50. The molecule has 0 amide bonds. The predicted octanol–water partition coefficient (Wildman–Crippen LogP) is 0.945. The molecular formula is C17H23F2N9O2S. The van der Waals surface area contributed by atoms with Crippen LogP contribution in [0.1, 0.15) is 38.8 Å². The lowest BCUT2D eigenvalue weighted by Crippen LogP contribution is -2.27. The first kappa shape index (κ1) is 21.5. The van der Waals surface area contributed by atoms with Gasteiger partial charge in [0.1, 0.15) is 12.4 Å². The van der Waals surface area contributed by atoms with E-state index in [4.69, 9.17) is 0 Å². The number of rotatable bonds is 4. The number of fused-ring (bicyclic) bond motifs is 1. The Kier molecular flexibility index (Phi) is 4.75. The molecule has 1 fully saturated rings. The Morgan fingerprint density at radius 3 is 2.39 bits per heavy atom. The summed E-state index contributed by atoms with van der Waals surface area (Å²) < 4.78 is 52.6. The van der Waals surface area contributed by atoms with Gasteiger partial charge in [0.25, 0.3) is 5.92 Å². The maximum absolute atomic E-state index is 13.9. The summed E-state index contributed by atoms with van der Waals surface area (Å²) in [7, 11) is -2.01. The highest BCUT2D eigenvalue weighted by Gasteiger charge is 2.40. The Hall–Kier alpha value is -2.77. The van der Waals surface area contributed by atoms with Crippen LogP contribution in [0, 0.1) is 0 Å². The van der Waals surface area contributed by atoms with Crippen LogP contribution in [-0.4, -0.2) is 73.4 Å². The molecule has 3 aromatic heterocycles. The SMILES string of the molecule is Cn1c(Cn2nc3nc(C(C)(C)C)nc(N4CCC(F)(F)C4)c3n2)nnc1S(C)(=O)=O. The highest BCUT2D eigenvalue weighted by molar-refractivity contribution is 7.90. The maximum Gasteiger partial charge on any atom is 0.266 e. The molecule has 11 nitrogen and oxygen atoms in total. The lowest BCUT2D eigenvalue weighted by molar-refractivity contribution is 0.0257. The topological polar surface area (TPSA) is 125 Å². The van der Waals surface area contributed by atoms with Gasteiger partial charge < -0.3 is 9.47 Å². The minimum Gasteiger partial charge on any atom is -0.348 e. The molecule has 0 spiro atoms. The van der Waals surface area contributed by atoms with Crippen LogP contribution in [0.4, 0.5) is 14.6 Å². The largest absolute Gasteiger partial charge is 0.348 e. The van der Waals surface area contributed by atoms with Crippen molar-refractivity contribution in [2.24, 2.45) is 7.05 Å². The molecule has 0 bridgehead atoms. The quantitative estimate of drug-likeness (QED) is 0.565. The van der Waals surface area contributed by atoms with Gasteiger partial charge in [-0.25, -0.2) is 27.2 Å². The average molecular weight is 455 g/mol. The minimum atomic E-state index is -3.54. The van der Waals surface area contributed by atoms with Gasteiger partial charge in [0, 0.05) is 31.7 Å². The van der Waals surface area contributed by atoms with E-state index < -0.39 is 27.7 Å². The van der Waals surface area contributed by atoms with Crippen LogP contribution in [0.15, 0.2) is 5.16 Å². The lowest BCUT2D eigenvalue weighted by Gasteiger charge is -2.21. The third kappa shape index (κ3) is 4.07. The minimum absolute atomic E-state index is 0.0236. The number of sulfone groups is 1. The molecule has 0 aliphatic carbocycles. The fourth-order valence-corrected chi connectivity index (χ4v) is 4.11. The first-order valence-electron chi connectivity index (χ1n) is 9.59. The van der Waals surface area contributed by atoms with Gasteiger partial charge in [0.2, 0.25) is 20.6 Å². The van der Waals surface area contributed by atoms with Gasteiger partial charge in [-0.3, -0.25) is 0 Å². The van der Waals surface area contributed by atoms with E-state index in [0.29, 0.717) is 23.0 Å². The number of alkyl halides is 2. The van der Waals surface area contributed by atoms with Crippen LogP contribution in [-0.2, 0) is 28.8 Å². The monoisotopic (exact) mass is 455 g/mol. The number of halogens is 2. The van der Waals surface area contributed by atoms with Crippen molar-refractivity contribution in [2.45, 2.75) is 50.2 Å². The zero-order valence-electron chi connectivity index (χ0n) is 17.8. The standard InChI is InChI=1S/C17H23F2N9O2S/c1-16(2,3)14-20-12-11(13(21-14)27-7-6-17(18,19)9-27)24-28(25-12)8-10-22-23-15(26(10)4)31(5,29)30/h6-9H2,1-5H3. The summed E-state index contributed by atoms with van der Waals surface area (Å²) in [5.41, 5.74) is 0.148. The van der Waals surface area contributed by atoms with Gasteiger partial charge >= 0.3 is 0 Å². The van der Waals surface area contributed by atoms with Crippen molar-refractivity contribution in [3.05, 3.63) is 11.6 Å². The summed E-state index contributed by atoms with van der Waals surface area (Å²) in [5.74, 6) is -1.70. The highest BCUT2D eigenvalue weighted by Crippen LogP contribution is 2.33. The Bertz CT molecular complexity index is 1260. The summed E-state index contributed by atoms with van der Waals surface area (Å²) in [6, 6.07) is 0. The third-order valence-corrected chi connectivity index (χ3v) is 5.97. The molecule has 31 heavy (non-hydrogen) atoms. The van der Waals surface area contributed by atoms with Gasteiger partial charge in [0.15, 0.2) is 17.2 Å². The van der Waals surface area contributed by atoms with Gasteiger partial charge in [-0.15, -0.1) is 20.4 Å². The van der Waals surface area contributed by atoms with E-state index in [2.05, 4.69) is 30.4 Å². The Balaban J connectivity index is 1.78. The molecule has 4 heterocycles. The summed E-state index contributed by atoms with van der Waals surface area (Å²) in [6.07, 6.45) is 0.785. The van der Waals surface area contributed by atoms with Crippen LogP contribution in [0.3, 0.4) is 0 Å². The molecule has 0 N–H and O–H groups in total. The fourth-order valence-electron chi connectivity index (χ4n) is 3.31. The Labute approximate surface area is 177 Å². The molecule has 14 heteroatoms. The first-order chi connectivity index (χ1) is 14.2. The van der Waals surface area contributed by atoms with E-state index in [0.717, 1.165) is 6.26 Å². The molecule has 1 aliphatic heterocycles. The lowest BCUT2D eigenvalue weighted by atomic mass is 9.96. The molecule has 4 rings (SSSR count). The fraction of sp³-hybridized carbons (Fsp3) is 0.647. The van der Waals surface area contributed by atoms with Gasteiger partial charge in [-0.1, -0.05) is 20.8 Å². The molecule has 0 unspecified atom stereocenters. The van der Waals surface area contributed by atoms with Crippen LogP contribution >= 0.6 is 0 Å². The van der Waals surface area contributed by atoms with Crippen molar-refractivity contribution in [2.75, 3.05) is 24.2 Å². The molecule has 3 aromatic rings. The van der Waals surface area contributed by atoms with Crippen LogP contribution < -0.4 is 4.90 Å². The van der Waals surface area contributed by atoms with Crippen molar-refractivity contribution in [1.82, 2.24) is 39.7 Å². The molecule has 0 atom stereocenters. The number of anilines is 1. The van der Waals surface area contributed by atoms with Crippen LogP contribution in [0.2, 0.25) is 0 Å². The number of aromatic nitrogens is 8. The molecule has 0 saturated carbocycles. The summed E-state index contributed by atoms with van der Waals surface area (Å²) >= 11 is 0. The first-order valence-corrected chi connectivity index (χ1v) is 11.5. The van der Waals surface area contributed by atoms with E-state index in [9.17, 15) is 17.2 Å². The van der Waals surface area contributed by atoms with Crippen molar-refractivity contribution in [3.63, 3.8) is 0 Å². The Morgan fingerprint density at radius 2 is 1.84 bits per heavy atom. The third-order valence-electron chi connectivity index (χ3n) is 4.95. The molecular weight excluding hydrogens is 432 g/mol. The smallest absolute Gasteiger partial charge is 0.266 e. The number of hydrogen-bond acceptors (Lipinski definition) is 9. The molecule has 0 aromatic carbocycles. The summed E-state index contributed by atoms with van der Waals surface area (Å²) in [5, 5.41) is 16.2. The second kappa shape index (κ2) is 6.87. The van der Waals surface area contributed by atoms with Crippen molar-refractivity contribution < 1.29 is 17.2 Å². The zero-order valence-corrected chi connectivity index (χ0v) is 18.7. The van der Waals surface area contributed by atoms with Crippen LogP contribution in [0.25, 0.3) is 11.2 Å². The van der Waals surface area contributed by atoms with Crippen molar-refractivity contribution in [1.29, 1.82) is 0 Å². The number of hydrogen-bond donors (Lipinski definition) is 0. The van der Waals surface area contributed by atoms with E-state index in [1.165, 1.54) is 21.3 Å². The van der Waals surface area contributed by atoms with Gasteiger partial charge in [-0.2, -0.15) is 4.80 Å². The molecule has 1 saturated heterocycles. The molecule has 168 valence electrons. The number of nitrogens with zero attached hydrogens (tertiary/aromatic N) is 9. The van der Waals surface area contributed by atoms with E-state index in [-0.39, 0.29) is 30.3 Å². The van der Waals surface area contributed by atoms with Gasteiger partial charge in [-0.05, 0) is 0 Å². The second-order valence-corrected chi connectivity index (χ2v) is 10.7. The van der Waals surface area contributed by atoms with Gasteiger partial charge in [0.05, 0.1) is 6.54 Å². The van der Waals surface area contributed by atoms with Crippen LogP contribution in [0.5, 0.6) is 0 Å². The molecule has 1 aliphatic rings. The van der Waals surface area contributed by atoms with E-state index >= 15 is 0 Å². The van der Waals surface area contributed by atoms with E-state index in [1.807, 2.05) is 20.8 Å². The molecule has 0 radical (unpaired) electrons. The zero-order chi connectivity index (χ0) is 22.8. The van der Waals surface area contributed by atoms with Crippen molar-refractivity contribution >= 4 is 26.8 Å². The normalized spacial score (nSPS) is 17.1. The maximum atomic E-state index is 13.9. The average Bonchev–Trinajstić information content (AvgIpc) is 3.30. The predicted molar refractivity (Wildman–Crippen MR) is 107 cm³/mol.